The molecule has 1 aromatic carbocycles. The number of carbonyl (C=O) groups is 1. The first-order valence-corrected chi connectivity index (χ1v) is 8.63. The van der Waals surface area contributed by atoms with E-state index in [9.17, 15) is 4.79 Å². The highest BCUT2D eigenvalue weighted by atomic mass is 32.2. The van der Waals surface area contributed by atoms with Crippen LogP contribution in [0.1, 0.15) is 18.4 Å². The molecule has 0 atom stereocenters. The number of rotatable bonds is 4. The van der Waals surface area contributed by atoms with Gasteiger partial charge in [-0.15, -0.1) is 6.58 Å². The van der Waals surface area contributed by atoms with Gasteiger partial charge in [-0.2, -0.15) is 0 Å². The van der Waals surface area contributed by atoms with E-state index < -0.39 is 0 Å². The molecule has 0 aliphatic carbocycles. The molecule has 1 amide bonds. The first-order chi connectivity index (χ1) is 10.7. The van der Waals surface area contributed by atoms with Crippen LogP contribution in [-0.2, 0) is 4.79 Å². The molecule has 0 unspecified atom stereocenters. The summed E-state index contributed by atoms with van der Waals surface area (Å²) >= 11 is 6.60. The van der Waals surface area contributed by atoms with E-state index in [1.54, 1.807) is 11.0 Å². The smallest absolute Gasteiger partial charge is 0.266 e. The predicted molar refractivity (Wildman–Crippen MR) is 98.0 cm³/mol. The minimum Gasteiger partial charge on any atom is -0.372 e. The molecule has 2 aliphatic rings. The van der Waals surface area contributed by atoms with E-state index in [4.69, 9.17) is 12.2 Å². The molecule has 0 aromatic heterocycles. The fraction of sp³-hybridized carbons (Fsp3) is 0.294. The Bertz CT molecular complexity index is 631. The molecule has 0 bridgehead atoms. The summed E-state index contributed by atoms with van der Waals surface area (Å²) in [6.45, 7) is 6.41. The third-order valence-electron chi connectivity index (χ3n) is 3.85. The van der Waals surface area contributed by atoms with Gasteiger partial charge in [-0.05, 0) is 36.6 Å². The Morgan fingerprint density at radius 1 is 1.23 bits per heavy atom. The summed E-state index contributed by atoms with van der Waals surface area (Å²) in [7, 11) is 0. The number of thiocarbonyl (C=S) groups is 1. The monoisotopic (exact) mass is 330 g/mol. The van der Waals surface area contributed by atoms with Crippen molar-refractivity contribution in [3.05, 3.63) is 47.4 Å². The van der Waals surface area contributed by atoms with Crippen LogP contribution in [0.4, 0.5) is 5.69 Å². The zero-order valence-electron chi connectivity index (χ0n) is 12.3. The van der Waals surface area contributed by atoms with Gasteiger partial charge in [0.05, 0.1) is 4.91 Å². The molecule has 0 saturated carbocycles. The van der Waals surface area contributed by atoms with Gasteiger partial charge in [0.15, 0.2) is 0 Å². The molecule has 0 radical (unpaired) electrons. The summed E-state index contributed by atoms with van der Waals surface area (Å²) < 4.78 is 0.602. The maximum absolute atomic E-state index is 12.3. The lowest BCUT2D eigenvalue weighted by Gasteiger charge is -2.17. The maximum Gasteiger partial charge on any atom is 0.266 e. The number of thioether (sulfide) groups is 1. The van der Waals surface area contributed by atoms with Gasteiger partial charge in [0.25, 0.3) is 5.91 Å². The largest absolute Gasteiger partial charge is 0.372 e. The van der Waals surface area contributed by atoms with Gasteiger partial charge in [0.2, 0.25) is 0 Å². The fourth-order valence-corrected chi connectivity index (χ4v) is 3.97. The van der Waals surface area contributed by atoms with Crippen molar-refractivity contribution in [1.29, 1.82) is 0 Å². The Labute approximate surface area is 140 Å². The number of hydrogen-bond acceptors (Lipinski definition) is 4. The molecule has 2 heterocycles. The molecule has 3 nitrogen and oxygen atoms in total. The molecule has 3 rings (SSSR count). The van der Waals surface area contributed by atoms with Crippen molar-refractivity contribution in [2.75, 3.05) is 24.5 Å². The molecular formula is C17H18N2OS2. The first kappa shape index (κ1) is 15.3. The van der Waals surface area contributed by atoms with Gasteiger partial charge < -0.3 is 4.90 Å². The summed E-state index contributed by atoms with van der Waals surface area (Å²) in [5.74, 6) is -0.0291. The number of anilines is 1. The van der Waals surface area contributed by atoms with E-state index in [0.717, 1.165) is 18.7 Å². The summed E-state index contributed by atoms with van der Waals surface area (Å²) in [6.07, 6.45) is 6.15. The minimum atomic E-state index is -0.0291. The first-order valence-electron chi connectivity index (χ1n) is 7.40. The average Bonchev–Trinajstić information content (AvgIpc) is 3.13. The zero-order valence-corrected chi connectivity index (χ0v) is 14.0. The number of amides is 1. The maximum atomic E-state index is 12.3. The van der Waals surface area contributed by atoms with E-state index >= 15 is 0 Å². The second-order valence-corrected chi connectivity index (χ2v) is 7.04. The molecule has 2 aliphatic heterocycles. The lowest BCUT2D eigenvalue weighted by Crippen LogP contribution is -2.27. The van der Waals surface area contributed by atoms with Crippen molar-refractivity contribution in [3.8, 4) is 0 Å². The van der Waals surface area contributed by atoms with Crippen molar-refractivity contribution in [1.82, 2.24) is 4.90 Å². The fourth-order valence-electron chi connectivity index (χ4n) is 2.69. The van der Waals surface area contributed by atoms with Gasteiger partial charge in [-0.1, -0.05) is 42.2 Å². The third kappa shape index (κ3) is 3.10. The van der Waals surface area contributed by atoms with Crippen LogP contribution in [-0.4, -0.2) is 34.8 Å². The molecule has 114 valence electrons. The van der Waals surface area contributed by atoms with Crippen LogP contribution < -0.4 is 4.90 Å². The second-order valence-electron chi connectivity index (χ2n) is 5.37. The Kier molecular flexibility index (Phi) is 4.64. The summed E-state index contributed by atoms with van der Waals surface area (Å²) in [6, 6.07) is 8.38. The number of benzene rings is 1. The normalized spacial score (nSPS) is 20.3. The van der Waals surface area contributed by atoms with Crippen LogP contribution >= 0.6 is 24.0 Å². The van der Waals surface area contributed by atoms with Crippen molar-refractivity contribution >= 4 is 46.0 Å². The van der Waals surface area contributed by atoms with Gasteiger partial charge in [-0.25, -0.2) is 0 Å². The second kappa shape index (κ2) is 6.67. The zero-order chi connectivity index (χ0) is 15.5. The highest BCUT2D eigenvalue weighted by Crippen LogP contribution is 2.32. The van der Waals surface area contributed by atoms with Crippen molar-refractivity contribution in [2.24, 2.45) is 0 Å². The lowest BCUT2D eigenvalue weighted by atomic mass is 10.2. The van der Waals surface area contributed by atoms with Gasteiger partial charge in [0, 0.05) is 25.3 Å². The Morgan fingerprint density at radius 2 is 1.91 bits per heavy atom. The predicted octanol–water partition coefficient (Wildman–Crippen LogP) is 3.67. The standard InChI is InChI=1S/C17H18N2OS2/c1-2-9-19-16(20)15(22-17(19)21)12-13-5-7-14(8-6-13)18-10-3-4-11-18/h2,5-8,12H,1,3-4,9-11H2. The molecule has 0 N–H and O–H groups in total. The third-order valence-corrected chi connectivity index (χ3v) is 5.23. The van der Waals surface area contributed by atoms with Crippen molar-refractivity contribution in [3.63, 3.8) is 0 Å². The molecule has 0 spiro atoms. The van der Waals surface area contributed by atoms with Crippen molar-refractivity contribution in [2.45, 2.75) is 12.8 Å². The number of nitrogens with zero attached hydrogens (tertiary/aromatic N) is 2. The minimum absolute atomic E-state index is 0.0291. The van der Waals surface area contributed by atoms with Crippen LogP contribution in [0.5, 0.6) is 0 Å². The van der Waals surface area contributed by atoms with Crippen LogP contribution in [0.15, 0.2) is 41.8 Å². The lowest BCUT2D eigenvalue weighted by molar-refractivity contribution is -0.121. The molecule has 1 aromatic rings. The average molecular weight is 330 g/mol. The number of carbonyl (C=O) groups excluding carboxylic acids is 1. The van der Waals surface area contributed by atoms with Gasteiger partial charge in [-0.3, -0.25) is 9.69 Å². The van der Waals surface area contributed by atoms with Crippen LogP contribution in [0, 0.1) is 0 Å². The highest BCUT2D eigenvalue weighted by Gasteiger charge is 2.30. The van der Waals surface area contributed by atoms with Crippen LogP contribution in [0.3, 0.4) is 0 Å². The molecule has 22 heavy (non-hydrogen) atoms. The van der Waals surface area contributed by atoms with Crippen LogP contribution in [0.25, 0.3) is 6.08 Å². The Hall–Kier alpha value is -1.59. The molecule has 5 heteroatoms. The number of hydrogen-bond donors (Lipinski definition) is 0. The topological polar surface area (TPSA) is 23.6 Å². The van der Waals surface area contributed by atoms with Crippen molar-refractivity contribution < 1.29 is 4.79 Å². The summed E-state index contributed by atoms with van der Waals surface area (Å²) in [5.41, 5.74) is 2.29. The SMILES string of the molecule is C=CCN1C(=O)C(=Cc2ccc(N3CCCC3)cc2)SC1=S. The van der Waals surface area contributed by atoms with E-state index in [0.29, 0.717) is 15.8 Å². The van der Waals surface area contributed by atoms with E-state index in [-0.39, 0.29) is 5.91 Å². The molecule has 2 fully saturated rings. The Morgan fingerprint density at radius 3 is 2.55 bits per heavy atom. The molecular weight excluding hydrogens is 312 g/mol. The quantitative estimate of drug-likeness (QED) is 0.477. The van der Waals surface area contributed by atoms with Gasteiger partial charge in [0.1, 0.15) is 4.32 Å². The van der Waals surface area contributed by atoms with E-state index in [2.05, 4.69) is 35.7 Å². The molecule has 2 saturated heterocycles. The Balaban J connectivity index is 1.76. The van der Waals surface area contributed by atoms with E-state index in [1.807, 2.05) is 6.08 Å². The van der Waals surface area contributed by atoms with Crippen LogP contribution in [0.2, 0.25) is 0 Å². The van der Waals surface area contributed by atoms with E-state index in [1.165, 1.54) is 30.3 Å². The van der Waals surface area contributed by atoms with Gasteiger partial charge >= 0.3 is 0 Å². The highest BCUT2D eigenvalue weighted by molar-refractivity contribution is 8.26. The summed E-state index contributed by atoms with van der Waals surface area (Å²) in [4.78, 5) is 16.9. The summed E-state index contributed by atoms with van der Waals surface area (Å²) in [5, 5.41) is 0.